The molecule has 0 spiro atoms. The van der Waals surface area contributed by atoms with Gasteiger partial charge in [-0.1, -0.05) is 50.6 Å². The second-order valence-corrected chi connectivity index (χ2v) is 6.09. The van der Waals surface area contributed by atoms with E-state index in [9.17, 15) is 14.4 Å². The molecule has 2 atom stereocenters. The Balaban J connectivity index is 1.96. The number of carbonyl (C=O) groups is 3. The molecule has 6 heteroatoms. The lowest BCUT2D eigenvalue weighted by molar-refractivity contribution is -0.147. The largest absolute Gasteiger partial charge is 0.467 e. The highest BCUT2D eigenvalue weighted by molar-refractivity contribution is 5.96. The van der Waals surface area contributed by atoms with Crippen LogP contribution in [0.2, 0.25) is 0 Å². The van der Waals surface area contributed by atoms with Gasteiger partial charge in [-0.05, 0) is 28.8 Å². The first-order chi connectivity index (χ1) is 12.5. The molecule has 138 valence electrons. The van der Waals surface area contributed by atoms with E-state index in [1.165, 1.54) is 7.11 Å². The number of benzene rings is 2. The number of hydrogen-bond acceptors (Lipinski definition) is 5. The maximum atomic E-state index is 12.2. The third kappa shape index (κ3) is 4.81. The van der Waals surface area contributed by atoms with E-state index in [1.807, 2.05) is 44.2 Å². The maximum Gasteiger partial charge on any atom is 0.338 e. The van der Waals surface area contributed by atoms with E-state index in [0.29, 0.717) is 12.0 Å². The summed E-state index contributed by atoms with van der Waals surface area (Å²) in [7, 11) is 1.27. The van der Waals surface area contributed by atoms with Crippen molar-refractivity contribution in [2.45, 2.75) is 26.3 Å². The second kappa shape index (κ2) is 8.99. The topological polar surface area (TPSA) is 81.7 Å². The van der Waals surface area contributed by atoms with Crippen molar-refractivity contribution in [2.24, 2.45) is 5.92 Å². The fourth-order valence-electron chi connectivity index (χ4n) is 2.54. The summed E-state index contributed by atoms with van der Waals surface area (Å²) in [6.45, 7) is 3.28. The van der Waals surface area contributed by atoms with Gasteiger partial charge in [0, 0.05) is 0 Å². The number of esters is 2. The molecule has 0 fully saturated rings. The molecule has 0 aliphatic rings. The van der Waals surface area contributed by atoms with Crippen LogP contribution in [0.25, 0.3) is 10.8 Å². The second-order valence-electron chi connectivity index (χ2n) is 6.09. The van der Waals surface area contributed by atoms with Crippen molar-refractivity contribution >= 4 is 28.6 Å². The number of methoxy groups -OCH3 is 1. The van der Waals surface area contributed by atoms with E-state index < -0.39 is 30.5 Å². The standard InChI is InChI=1S/C20H23NO5/c1-4-13(2)18(20(24)25-3)21-17(22)12-26-19(23)16-10-9-14-7-5-6-8-15(14)11-16/h5-11,13,18H,4,12H2,1-3H3,(H,21,22)/t13-,18-/m0/s1. The molecule has 0 aliphatic carbocycles. The minimum absolute atomic E-state index is 0.0948. The fourth-order valence-corrected chi connectivity index (χ4v) is 2.54. The number of carbonyl (C=O) groups excluding carboxylic acids is 3. The molecule has 0 bridgehead atoms. The summed E-state index contributed by atoms with van der Waals surface area (Å²) in [5, 5.41) is 4.49. The first kappa shape index (κ1) is 19.4. The maximum absolute atomic E-state index is 12.2. The minimum atomic E-state index is -0.767. The van der Waals surface area contributed by atoms with Crippen LogP contribution in [-0.2, 0) is 19.1 Å². The Labute approximate surface area is 152 Å². The number of ether oxygens (including phenoxy) is 2. The molecule has 26 heavy (non-hydrogen) atoms. The lowest BCUT2D eigenvalue weighted by Crippen LogP contribution is -2.47. The van der Waals surface area contributed by atoms with Crippen molar-refractivity contribution < 1.29 is 23.9 Å². The Kier molecular flexibility index (Phi) is 6.72. The Hall–Kier alpha value is -2.89. The third-order valence-corrected chi connectivity index (χ3v) is 4.30. The van der Waals surface area contributed by atoms with Crippen molar-refractivity contribution in [2.75, 3.05) is 13.7 Å². The zero-order valence-electron chi connectivity index (χ0n) is 15.2. The summed E-state index contributed by atoms with van der Waals surface area (Å²) >= 11 is 0. The van der Waals surface area contributed by atoms with Crippen molar-refractivity contribution in [3.63, 3.8) is 0 Å². The Morgan fingerprint density at radius 2 is 1.77 bits per heavy atom. The van der Waals surface area contributed by atoms with Gasteiger partial charge in [0.05, 0.1) is 12.7 Å². The van der Waals surface area contributed by atoms with Gasteiger partial charge < -0.3 is 14.8 Å². The molecule has 0 saturated heterocycles. The van der Waals surface area contributed by atoms with E-state index in [4.69, 9.17) is 9.47 Å². The van der Waals surface area contributed by atoms with Crippen LogP contribution in [0.4, 0.5) is 0 Å². The van der Waals surface area contributed by atoms with Crippen LogP contribution in [-0.4, -0.2) is 37.6 Å². The van der Waals surface area contributed by atoms with Gasteiger partial charge in [-0.15, -0.1) is 0 Å². The summed E-state index contributed by atoms with van der Waals surface area (Å²) in [5.41, 5.74) is 0.364. The lowest BCUT2D eigenvalue weighted by atomic mass is 9.99. The van der Waals surface area contributed by atoms with Crippen molar-refractivity contribution in [3.05, 3.63) is 48.0 Å². The van der Waals surface area contributed by atoms with Crippen LogP contribution in [0, 0.1) is 5.92 Å². The molecule has 0 unspecified atom stereocenters. The van der Waals surface area contributed by atoms with E-state index in [-0.39, 0.29) is 5.92 Å². The van der Waals surface area contributed by atoms with Crippen LogP contribution in [0.1, 0.15) is 30.6 Å². The minimum Gasteiger partial charge on any atom is -0.467 e. The summed E-state index contributed by atoms with van der Waals surface area (Å²) in [6.07, 6.45) is 0.691. The average Bonchev–Trinajstić information content (AvgIpc) is 2.68. The van der Waals surface area contributed by atoms with E-state index in [1.54, 1.807) is 12.1 Å². The lowest BCUT2D eigenvalue weighted by Gasteiger charge is -2.21. The van der Waals surface area contributed by atoms with E-state index in [2.05, 4.69) is 5.32 Å². The third-order valence-electron chi connectivity index (χ3n) is 4.30. The summed E-state index contributed by atoms with van der Waals surface area (Å²) in [5.74, 6) is -1.75. The molecule has 1 N–H and O–H groups in total. The number of hydrogen-bond donors (Lipinski definition) is 1. The first-order valence-corrected chi connectivity index (χ1v) is 8.49. The normalized spacial score (nSPS) is 12.9. The molecule has 0 aromatic heterocycles. The van der Waals surface area contributed by atoms with Gasteiger partial charge in [0.15, 0.2) is 6.61 Å². The summed E-state index contributed by atoms with van der Waals surface area (Å²) in [6, 6.07) is 12.1. The predicted molar refractivity (Wildman–Crippen MR) is 97.6 cm³/mol. The van der Waals surface area contributed by atoms with Crippen LogP contribution in [0.5, 0.6) is 0 Å². The van der Waals surface area contributed by atoms with Gasteiger partial charge in [0.25, 0.3) is 5.91 Å². The zero-order valence-corrected chi connectivity index (χ0v) is 15.2. The monoisotopic (exact) mass is 357 g/mol. The highest BCUT2D eigenvalue weighted by atomic mass is 16.5. The van der Waals surface area contributed by atoms with Crippen molar-refractivity contribution in [1.82, 2.24) is 5.32 Å². The van der Waals surface area contributed by atoms with Crippen molar-refractivity contribution in [3.8, 4) is 0 Å². The molecule has 1 amide bonds. The predicted octanol–water partition coefficient (Wildman–Crippen LogP) is 2.70. The molecule has 0 aliphatic heterocycles. The SMILES string of the molecule is CC[C@H](C)[C@H](NC(=O)COC(=O)c1ccc2ccccc2c1)C(=O)OC. The molecule has 2 aromatic carbocycles. The number of nitrogens with one attached hydrogen (secondary N) is 1. The first-order valence-electron chi connectivity index (χ1n) is 8.49. The average molecular weight is 357 g/mol. The molecule has 2 aromatic rings. The smallest absolute Gasteiger partial charge is 0.338 e. The molecular formula is C20H23NO5. The zero-order chi connectivity index (χ0) is 19.1. The van der Waals surface area contributed by atoms with Crippen LogP contribution >= 0.6 is 0 Å². The Bertz CT molecular complexity index is 802. The van der Waals surface area contributed by atoms with Crippen LogP contribution in [0.3, 0.4) is 0 Å². The van der Waals surface area contributed by atoms with Gasteiger partial charge in [-0.2, -0.15) is 0 Å². The molecule has 0 saturated carbocycles. The van der Waals surface area contributed by atoms with Crippen LogP contribution in [0.15, 0.2) is 42.5 Å². The van der Waals surface area contributed by atoms with E-state index >= 15 is 0 Å². The highest BCUT2D eigenvalue weighted by Crippen LogP contribution is 2.16. The quantitative estimate of drug-likeness (QED) is 0.771. The molecule has 0 heterocycles. The number of fused-ring (bicyclic) bond motifs is 1. The van der Waals surface area contributed by atoms with Crippen LogP contribution < -0.4 is 5.32 Å². The summed E-state index contributed by atoms with van der Waals surface area (Å²) < 4.78 is 9.77. The number of amides is 1. The molecule has 0 radical (unpaired) electrons. The molecule has 2 rings (SSSR count). The highest BCUT2D eigenvalue weighted by Gasteiger charge is 2.27. The van der Waals surface area contributed by atoms with Gasteiger partial charge in [0.2, 0.25) is 0 Å². The van der Waals surface area contributed by atoms with Gasteiger partial charge in [-0.3, -0.25) is 4.79 Å². The van der Waals surface area contributed by atoms with E-state index in [0.717, 1.165) is 10.8 Å². The molecule has 6 nitrogen and oxygen atoms in total. The van der Waals surface area contributed by atoms with Crippen molar-refractivity contribution in [1.29, 1.82) is 0 Å². The fraction of sp³-hybridized carbons (Fsp3) is 0.350. The molecular weight excluding hydrogens is 334 g/mol. The van der Waals surface area contributed by atoms with Gasteiger partial charge in [-0.25, -0.2) is 9.59 Å². The Morgan fingerprint density at radius 3 is 2.42 bits per heavy atom. The summed E-state index contributed by atoms with van der Waals surface area (Å²) in [4.78, 5) is 36.0. The number of rotatable bonds is 7. The van der Waals surface area contributed by atoms with Gasteiger partial charge >= 0.3 is 11.9 Å². The Morgan fingerprint density at radius 1 is 1.08 bits per heavy atom. The van der Waals surface area contributed by atoms with Gasteiger partial charge in [0.1, 0.15) is 6.04 Å².